The number of nitrogens with zero attached hydrogens (tertiary/aromatic N) is 2. The van der Waals surface area contributed by atoms with E-state index in [-0.39, 0.29) is 23.1 Å². The van der Waals surface area contributed by atoms with Gasteiger partial charge in [-0.3, -0.25) is 4.98 Å². The molecule has 2 rings (SSSR count). The van der Waals surface area contributed by atoms with Gasteiger partial charge in [-0.15, -0.1) is 0 Å². The van der Waals surface area contributed by atoms with Gasteiger partial charge in [0.15, 0.2) is 11.5 Å². The Balaban J connectivity index is 2.04. The van der Waals surface area contributed by atoms with Crippen molar-refractivity contribution in [1.82, 2.24) is 4.98 Å². The number of alkyl halides is 2. The Morgan fingerprint density at radius 2 is 2.15 bits per heavy atom. The van der Waals surface area contributed by atoms with E-state index >= 15 is 0 Å². The fourth-order valence-corrected chi connectivity index (χ4v) is 2.01. The van der Waals surface area contributed by atoms with Gasteiger partial charge in [-0.2, -0.15) is 13.9 Å². The minimum absolute atomic E-state index is 0.0352. The molecule has 0 saturated heterocycles. The molecule has 0 aliphatic rings. The normalized spacial score (nSPS) is 11.2. The van der Waals surface area contributed by atoms with E-state index in [2.05, 4.69) is 20.2 Å². The number of methoxy groups -OCH3 is 1. The van der Waals surface area contributed by atoms with Crippen molar-refractivity contribution in [2.75, 3.05) is 19.0 Å². The van der Waals surface area contributed by atoms with E-state index in [0.29, 0.717) is 17.2 Å². The van der Waals surface area contributed by atoms with Crippen molar-refractivity contribution in [2.45, 2.75) is 6.61 Å². The van der Waals surface area contributed by atoms with E-state index in [4.69, 9.17) is 26.6 Å². The Morgan fingerprint density at radius 1 is 1.35 bits per heavy atom. The molecule has 0 fully saturated rings. The van der Waals surface area contributed by atoms with Crippen LogP contribution in [-0.2, 0) is 0 Å². The SMILES string of the molecule is COc1ccncc1OC/C(=C/Nc1ccc(Cl)c(OC(F)F)c1)N=N. The van der Waals surface area contributed by atoms with Crippen molar-refractivity contribution in [2.24, 2.45) is 5.11 Å². The molecule has 10 heteroatoms. The smallest absolute Gasteiger partial charge is 0.387 e. The molecule has 1 aromatic heterocycles. The van der Waals surface area contributed by atoms with Gasteiger partial charge in [0.25, 0.3) is 0 Å². The van der Waals surface area contributed by atoms with Crippen molar-refractivity contribution in [3.63, 3.8) is 0 Å². The second-order valence-electron chi connectivity index (χ2n) is 4.73. The predicted molar refractivity (Wildman–Crippen MR) is 91.2 cm³/mol. The first kappa shape index (κ1) is 19.4. The van der Waals surface area contributed by atoms with Gasteiger partial charge in [0, 0.05) is 30.2 Å². The summed E-state index contributed by atoms with van der Waals surface area (Å²) >= 11 is 5.79. The number of halogens is 3. The minimum atomic E-state index is -2.99. The Hall–Kier alpha value is -2.94. The molecule has 0 bridgehead atoms. The molecule has 2 N–H and O–H groups in total. The van der Waals surface area contributed by atoms with Crippen LogP contribution in [0.4, 0.5) is 14.5 Å². The molecule has 1 aromatic carbocycles. The van der Waals surface area contributed by atoms with Gasteiger partial charge in [0.2, 0.25) is 0 Å². The summed E-state index contributed by atoms with van der Waals surface area (Å²) in [5.74, 6) is 0.716. The first-order chi connectivity index (χ1) is 12.5. The van der Waals surface area contributed by atoms with Crippen LogP contribution in [0.1, 0.15) is 0 Å². The standard InChI is InChI=1S/C16H15ClF2N4O3/c1-24-13-4-5-21-8-15(13)25-9-11(23-20)7-22-10-2-3-12(17)14(6-10)26-16(18)19/h2-8,16,20,22H,9H2,1H3/b11-7-,23-20?. The van der Waals surface area contributed by atoms with Gasteiger partial charge in [0.05, 0.1) is 18.3 Å². The number of pyridine rings is 1. The maximum Gasteiger partial charge on any atom is 0.387 e. The molecule has 0 spiro atoms. The summed E-state index contributed by atoms with van der Waals surface area (Å²) in [6, 6.07) is 5.90. The summed E-state index contributed by atoms with van der Waals surface area (Å²) in [6.45, 7) is -3.02. The number of ether oxygens (including phenoxy) is 3. The maximum atomic E-state index is 12.3. The molecular weight excluding hydrogens is 370 g/mol. The molecule has 0 unspecified atom stereocenters. The molecule has 0 saturated carbocycles. The average Bonchev–Trinajstić information content (AvgIpc) is 2.64. The van der Waals surface area contributed by atoms with E-state index in [1.807, 2.05) is 0 Å². The second-order valence-corrected chi connectivity index (χ2v) is 5.14. The molecule has 0 aliphatic heterocycles. The van der Waals surface area contributed by atoms with Crippen molar-refractivity contribution < 1.29 is 23.0 Å². The predicted octanol–water partition coefficient (Wildman–Crippen LogP) is 4.71. The third kappa shape index (κ3) is 5.55. The van der Waals surface area contributed by atoms with Crippen LogP contribution in [0.2, 0.25) is 5.02 Å². The summed E-state index contributed by atoms with van der Waals surface area (Å²) in [7, 11) is 1.49. The quantitative estimate of drug-likeness (QED) is 0.611. The van der Waals surface area contributed by atoms with Gasteiger partial charge in [-0.25, -0.2) is 5.53 Å². The summed E-state index contributed by atoms with van der Waals surface area (Å²) in [4.78, 5) is 3.93. The number of nitrogens with one attached hydrogen (secondary N) is 2. The molecule has 0 radical (unpaired) electrons. The van der Waals surface area contributed by atoms with E-state index in [9.17, 15) is 8.78 Å². The lowest BCUT2D eigenvalue weighted by atomic mass is 10.3. The first-order valence-corrected chi connectivity index (χ1v) is 7.59. The van der Waals surface area contributed by atoms with Crippen LogP contribution < -0.4 is 19.5 Å². The lowest BCUT2D eigenvalue weighted by molar-refractivity contribution is -0.0497. The topological polar surface area (TPSA) is 88.8 Å². The molecule has 0 amide bonds. The van der Waals surface area contributed by atoms with Crippen LogP contribution in [0.15, 0.2) is 53.7 Å². The van der Waals surface area contributed by atoms with Crippen molar-refractivity contribution in [3.8, 4) is 17.2 Å². The Kier molecular flexibility index (Phi) is 7.10. The molecule has 2 aromatic rings. The van der Waals surface area contributed by atoms with Crippen molar-refractivity contribution in [3.05, 3.63) is 53.6 Å². The van der Waals surface area contributed by atoms with E-state index < -0.39 is 6.61 Å². The van der Waals surface area contributed by atoms with Crippen LogP contribution in [0.5, 0.6) is 17.2 Å². The summed E-state index contributed by atoms with van der Waals surface area (Å²) in [5.41, 5.74) is 7.86. The number of rotatable bonds is 9. The maximum absolute atomic E-state index is 12.3. The summed E-state index contributed by atoms with van der Waals surface area (Å²) in [5, 5.41) is 6.22. The number of benzene rings is 1. The van der Waals surface area contributed by atoms with Crippen LogP contribution in [0.3, 0.4) is 0 Å². The highest BCUT2D eigenvalue weighted by atomic mass is 35.5. The molecule has 138 valence electrons. The van der Waals surface area contributed by atoms with Gasteiger partial charge in [-0.05, 0) is 12.1 Å². The molecule has 7 nitrogen and oxygen atoms in total. The minimum Gasteiger partial charge on any atom is -0.493 e. The third-order valence-corrected chi connectivity index (χ3v) is 3.35. The first-order valence-electron chi connectivity index (χ1n) is 7.21. The Labute approximate surface area is 153 Å². The zero-order chi connectivity index (χ0) is 18.9. The zero-order valence-corrected chi connectivity index (χ0v) is 14.3. The molecule has 0 aliphatic carbocycles. The largest absolute Gasteiger partial charge is 0.493 e. The summed E-state index contributed by atoms with van der Waals surface area (Å²) < 4.78 is 39.6. The molecule has 1 heterocycles. The Morgan fingerprint density at radius 3 is 2.85 bits per heavy atom. The number of aromatic nitrogens is 1. The summed E-state index contributed by atoms with van der Waals surface area (Å²) in [6.07, 6.45) is 4.42. The highest BCUT2D eigenvalue weighted by Crippen LogP contribution is 2.29. The van der Waals surface area contributed by atoms with Crippen LogP contribution in [0, 0.1) is 5.53 Å². The van der Waals surface area contributed by atoms with Gasteiger partial charge >= 0.3 is 6.61 Å². The van der Waals surface area contributed by atoms with Crippen LogP contribution in [0.25, 0.3) is 0 Å². The van der Waals surface area contributed by atoms with Crippen LogP contribution >= 0.6 is 11.6 Å². The highest BCUT2D eigenvalue weighted by Gasteiger charge is 2.09. The lowest BCUT2D eigenvalue weighted by Gasteiger charge is -2.11. The Bertz CT molecular complexity index is 790. The average molecular weight is 385 g/mol. The molecular formula is C16H15ClF2N4O3. The number of hydrogen-bond acceptors (Lipinski definition) is 7. The third-order valence-electron chi connectivity index (χ3n) is 3.04. The van der Waals surface area contributed by atoms with Crippen molar-refractivity contribution in [1.29, 1.82) is 5.53 Å². The van der Waals surface area contributed by atoms with Gasteiger partial charge < -0.3 is 19.5 Å². The zero-order valence-electron chi connectivity index (χ0n) is 13.6. The fourth-order valence-electron chi connectivity index (χ4n) is 1.85. The van der Waals surface area contributed by atoms with E-state index in [1.165, 1.54) is 31.6 Å². The van der Waals surface area contributed by atoms with Crippen LogP contribution in [-0.4, -0.2) is 25.3 Å². The monoisotopic (exact) mass is 384 g/mol. The number of anilines is 1. The lowest BCUT2D eigenvalue weighted by Crippen LogP contribution is -2.04. The molecule has 26 heavy (non-hydrogen) atoms. The fraction of sp³-hybridized carbons (Fsp3) is 0.188. The van der Waals surface area contributed by atoms with Gasteiger partial charge in [0.1, 0.15) is 18.1 Å². The van der Waals surface area contributed by atoms with Gasteiger partial charge in [-0.1, -0.05) is 11.6 Å². The molecule has 0 atom stereocenters. The van der Waals surface area contributed by atoms with Crippen molar-refractivity contribution >= 4 is 17.3 Å². The second kappa shape index (κ2) is 9.52. The van der Waals surface area contributed by atoms with E-state index in [1.54, 1.807) is 18.3 Å². The number of hydrogen-bond donors (Lipinski definition) is 2. The highest BCUT2D eigenvalue weighted by molar-refractivity contribution is 6.32. The van der Waals surface area contributed by atoms with E-state index in [0.717, 1.165) is 0 Å².